The molecule has 0 fully saturated rings. The molecule has 0 amide bonds. The lowest BCUT2D eigenvalue weighted by Crippen LogP contribution is -2.10. The number of hydrogen-bond acceptors (Lipinski definition) is 6. The number of rotatable bonds is 5. The fourth-order valence-corrected chi connectivity index (χ4v) is 2.55. The molecule has 1 N–H and O–H groups in total. The van der Waals surface area contributed by atoms with Crippen LogP contribution in [-0.4, -0.2) is 34.0 Å². The van der Waals surface area contributed by atoms with Crippen molar-refractivity contribution >= 4 is 11.3 Å². The van der Waals surface area contributed by atoms with Gasteiger partial charge in [-0.1, -0.05) is 0 Å². The van der Waals surface area contributed by atoms with E-state index in [9.17, 15) is 0 Å². The van der Waals surface area contributed by atoms with Crippen LogP contribution in [0.15, 0.2) is 30.6 Å². The highest BCUT2D eigenvalue weighted by Gasteiger charge is 2.15. The Labute approximate surface area is 134 Å². The zero-order valence-electron chi connectivity index (χ0n) is 13.6. The Morgan fingerprint density at radius 2 is 2.00 bits per heavy atom. The number of fused-ring (bicyclic) bond motifs is 1. The Hall–Kier alpha value is -2.83. The second kappa shape index (κ2) is 6.12. The van der Waals surface area contributed by atoms with Gasteiger partial charge in [0.15, 0.2) is 0 Å². The topological polar surface area (TPSA) is 73.6 Å². The maximum absolute atomic E-state index is 5.46. The summed E-state index contributed by atoms with van der Waals surface area (Å²) in [6, 6.07) is 7.68. The van der Waals surface area contributed by atoms with Crippen LogP contribution in [0, 0.1) is 6.92 Å². The quantitative estimate of drug-likeness (QED) is 0.780. The Morgan fingerprint density at radius 3 is 2.74 bits per heavy atom. The lowest BCUT2D eigenvalue weighted by Gasteiger charge is -2.19. The van der Waals surface area contributed by atoms with Crippen LogP contribution in [-0.2, 0) is 0 Å². The van der Waals surface area contributed by atoms with Gasteiger partial charge in [0.2, 0.25) is 5.65 Å². The van der Waals surface area contributed by atoms with Gasteiger partial charge in [-0.25, -0.2) is 0 Å². The lowest BCUT2D eigenvalue weighted by molar-refractivity contribution is 0.397. The minimum absolute atomic E-state index is 0.0117. The van der Waals surface area contributed by atoms with Gasteiger partial charge in [-0.3, -0.25) is 0 Å². The van der Waals surface area contributed by atoms with E-state index in [-0.39, 0.29) is 6.04 Å². The summed E-state index contributed by atoms with van der Waals surface area (Å²) in [4.78, 5) is 0. The van der Waals surface area contributed by atoms with E-state index in [1.807, 2.05) is 31.2 Å². The van der Waals surface area contributed by atoms with Gasteiger partial charge in [-0.2, -0.15) is 9.61 Å². The van der Waals surface area contributed by atoms with Gasteiger partial charge in [0.1, 0.15) is 17.8 Å². The first kappa shape index (κ1) is 15.1. The molecule has 3 aromatic rings. The summed E-state index contributed by atoms with van der Waals surface area (Å²) in [5.41, 5.74) is 3.43. The number of nitrogens with zero attached hydrogens (tertiary/aromatic N) is 4. The van der Waals surface area contributed by atoms with E-state index in [0.29, 0.717) is 5.65 Å². The lowest BCUT2D eigenvalue weighted by atomic mass is 10.1. The summed E-state index contributed by atoms with van der Waals surface area (Å²) in [5.74, 6) is 1.59. The predicted molar refractivity (Wildman–Crippen MR) is 87.1 cm³/mol. The van der Waals surface area contributed by atoms with Crippen LogP contribution in [0.3, 0.4) is 0 Å². The van der Waals surface area contributed by atoms with Gasteiger partial charge >= 0.3 is 0 Å². The van der Waals surface area contributed by atoms with Crippen molar-refractivity contribution in [2.24, 2.45) is 0 Å². The van der Waals surface area contributed by atoms with Crippen molar-refractivity contribution in [2.75, 3.05) is 19.5 Å². The maximum atomic E-state index is 5.46. The monoisotopic (exact) mass is 313 g/mol. The summed E-state index contributed by atoms with van der Waals surface area (Å²) < 4.78 is 12.4. The Balaban J connectivity index is 1.97. The summed E-state index contributed by atoms with van der Waals surface area (Å²) in [6.45, 7) is 3.99. The molecule has 3 rings (SSSR count). The SMILES string of the molecule is COc1ccc(OC)c(C(C)Nc2cc(C)nn3cnnc23)c1. The molecule has 2 heterocycles. The van der Waals surface area contributed by atoms with Crippen LogP contribution in [0.2, 0.25) is 0 Å². The molecule has 0 radical (unpaired) electrons. The Morgan fingerprint density at radius 1 is 1.17 bits per heavy atom. The van der Waals surface area contributed by atoms with E-state index in [4.69, 9.17) is 9.47 Å². The molecule has 0 aliphatic rings. The maximum Gasteiger partial charge on any atom is 0.200 e. The zero-order valence-corrected chi connectivity index (χ0v) is 13.6. The first-order chi connectivity index (χ1) is 11.1. The number of aromatic nitrogens is 4. The van der Waals surface area contributed by atoms with Crippen molar-refractivity contribution in [2.45, 2.75) is 19.9 Å². The number of nitrogens with one attached hydrogen (secondary N) is 1. The first-order valence-corrected chi connectivity index (χ1v) is 7.28. The number of hydrogen-bond donors (Lipinski definition) is 1. The fraction of sp³-hybridized carbons (Fsp3) is 0.312. The van der Waals surface area contributed by atoms with Gasteiger partial charge in [0.25, 0.3) is 0 Å². The van der Waals surface area contributed by atoms with Crippen molar-refractivity contribution in [1.82, 2.24) is 19.8 Å². The molecule has 1 atom stereocenters. The van der Waals surface area contributed by atoms with Crippen LogP contribution in [0.1, 0.15) is 24.2 Å². The molecule has 0 saturated carbocycles. The molecule has 120 valence electrons. The third kappa shape index (κ3) is 2.90. The molecule has 1 aromatic carbocycles. The molecule has 1 unspecified atom stereocenters. The molecule has 7 nitrogen and oxygen atoms in total. The van der Waals surface area contributed by atoms with Gasteiger partial charge in [-0.05, 0) is 38.1 Å². The minimum atomic E-state index is -0.0117. The minimum Gasteiger partial charge on any atom is -0.497 e. The molecule has 0 saturated heterocycles. The highest BCUT2D eigenvalue weighted by molar-refractivity contribution is 5.67. The molecule has 2 aromatic heterocycles. The molecule has 0 aliphatic heterocycles. The van der Waals surface area contributed by atoms with Crippen molar-refractivity contribution in [3.63, 3.8) is 0 Å². The molecule has 23 heavy (non-hydrogen) atoms. The third-order valence-corrected chi connectivity index (χ3v) is 3.67. The van der Waals surface area contributed by atoms with Crippen LogP contribution in [0.4, 0.5) is 5.69 Å². The normalized spacial score (nSPS) is 12.2. The van der Waals surface area contributed by atoms with Crippen LogP contribution in [0.5, 0.6) is 11.5 Å². The Bertz CT molecular complexity index is 830. The average molecular weight is 313 g/mol. The summed E-state index contributed by atoms with van der Waals surface area (Å²) >= 11 is 0. The van der Waals surface area contributed by atoms with E-state index in [2.05, 4.69) is 27.5 Å². The van der Waals surface area contributed by atoms with Gasteiger partial charge in [0, 0.05) is 5.56 Å². The molecule has 0 aliphatic carbocycles. The molecular weight excluding hydrogens is 294 g/mol. The standard InChI is InChI=1S/C16H19N5O2/c1-10-7-14(16-19-17-9-21(16)20-10)18-11(2)13-8-12(22-3)5-6-15(13)23-4/h5-9,11,18H,1-4H3. The smallest absolute Gasteiger partial charge is 0.200 e. The number of benzene rings is 1. The second-order valence-electron chi connectivity index (χ2n) is 5.27. The predicted octanol–water partition coefficient (Wildman–Crippen LogP) is 2.62. The van der Waals surface area contributed by atoms with Crippen LogP contribution >= 0.6 is 0 Å². The molecular formula is C16H19N5O2. The number of ether oxygens (including phenoxy) is 2. The van der Waals surface area contributed by atoms with E-state index < -0.39 is 0 Å². The second-order valence-corrected chi connectivity index (χ2v) is 5.27. The van der Waals surface area contributed by atoms with Gasteiger partial charge in [-0.15, -0.1) is 10.2 Å². The van der Waals surface area contributed by atoms with E-state index in [1.165, 1.54) is 0 Å². The number of anilines is 1. The molecule has 7 heteroatoms. The Kier molecular flexibility index (Phi) is 4.01. The first-order valence-electron chi connectivity index (χ1n) is 7.28. The number of aryl methyl sites for hydroxylation is 1. The van der Waals surface area contributed by atoms with Crippen LogP contribution < -0.4 is 14.8 Å². The largest absolute Gasteiger partial charge is 0.497 e. The zero-order chi connectivity index (χ0) is 16.4. The summed E-state index contributed by atoms with van der Waals surface area (Å²) in [6.07, 6.45) is 1.59. The van der Waals surface area contributed by atoms with Crippen molar-refractivity contribution in [3.05, 3.63) is 41.9 Å². The summed E-state index contributed by atoms with van der Waals surface area (Å²) in [5, 5.41) is 15.8. The van der Waals surface area contributed by atoms with Crippen molar-refractivity contribution in [3.8, 4) is 11.5 Å². The average Bonchev–Trinajstić information content (AvgIpc) is 3.02. The van der Waals surface area contributed by atoms with E-state index in [1.54, 1.807) is 25.1 Å². The molecule has 0 spiro atoms. The van der Waals surface area contributed by atoms with Crippen molar-refractivity contribution < 1.29 is 9.47 Å². The van der Waals surface area contributed by atoms with Gasteiger partial charge < -0.3 is 14.8 Å². The number of methoxy groups -OCH3 is 2. The van der Waals surface area contributed by atoms with Gasteiger partial charge in [0.05, 0.1) is 31.6 Å². The highest BCUT2D eigenvalue weighted by atomic mass is 16.5. The van der Waals surface area contributed by atoms with Crippen LogP contribution in [0.25, 0.3) is 5.65 Å². The summed E-state index contributed by atoms with van der Waals surface area (Å²) in [7, 11) is 3.31. The molecule has 0 bridgehead atoms. The third-order valence-electron chi connectivity index (χ3n) is 3.67. The van der Waals surface area contributed by atoms with E-state index >= 15 is 0 Å². The highest BCUT2D eigenvalue weighted by Crippen LogP contribution is 2.31. The van der Waals surface area contributed by atoms with E-state index in [0.717, 1.165) is 28.4 Å². The fourth-order valence-electron chi connectivity index (χ4n) is 2.55. The van der Waals surface area contributed by atoms with Crippen molar-refractivity contribution in [1.29, 1.82) is 0 Å².